The van der Waals surface area contributed by atoms with Crippen LogP contribution in [0.1, 0.15) is 43.2 Å². The van der Waals surface area contributed by atoms with Crippen LogP contribution in [0.4, 0.5) is 11.8 Å². The Kier molecular flexibility index (Phi) is 7.21. The summed E-state index contributed by atoms with van der Waals surface area (Å²) >= 11 is 0. The largest absolute Gasteiger partial charge is 0.381 e. The predicted molar refractivity (Wildman–Crippen MR) is 159 cm³/mol. The Hall–Kier alpha value is -5.34. The van der Waals surface area contributed by atoms with E-state index in [1.54, 1.807) is 27.3 Å². The molecule has 11 nitrogen and oxygen atoms in total. The van der Waals surface area contributed by atoms with E-state index in [1.807, 2.05) is 55.6 Å². The molecule has 1 saturated heterocycles. The standard InChI is InChI=1S/C31H28N8O3/c1-19(35-28-21(16-32)17-34-31(33)37-28)29-36-25-9-5-8-24(27(25)30(41)39(29)23-6-3-2-4-7-23)20-10-11-26(40)38(18-20)22-12-14-42-15-13-22/h2-11,17-19,22H,12-15H2,1H3,(H3,33,34,35,37)/t19-/m0/s1. The maximum absolute atomic E-state index is 14.4. The normalized spacial score (nSPS) is 14.4. The lowest BCUT2D eigenvalue weighted by atomic mass is 10.0. The number of nitrogens with one attached hydrogen (secondary N) is 1. The van der Waals surface area contributed by atoms with E-state index in [2.05, 4.69) is 21.4 Å². The minimum absolute atomic E-state index is 0.0161. The zero-order valence-corrected chi connectivity index (χ0v) is 22.9. The zero-order valence-electron chi connectivity index (χ0n) is 22.9. The van der Waals surface area contributed by atoms with Gasteiger partial charge in [-0.3, -0.25) is 14.2 Å². The minimum atomic E-state index is -0.553. The van der Waals surface area contributed by atoms with Crippen LogP contribution in [0.2, 0.25) is 0 Å². The van der Waals surface area contributed by atoms with E-state index in [0.29, 0.717) is 41.2 Å². The summed E-state index contributed by atoms with van der Waals surface area (Å²) < 4.78 is 8.80. The molecule has 0 spiro atoms. The third-order valence-electron chi connectivity index (χ3n) is 7.44. The molecule has 0 amide bonds. The SMILES string of the molecule is C[C@H](Nc1nc(N)ncc1C#N)c1nc2cccc(-c3ccc(=O)n(C4CCOCC4)c3)c2c(=O)n1-c1ccccc1. The molecule has 2 aromatic carbocycles. The zero-order chi connectivity index (χ0) is 29.2. The first-order chi connectivity index (χ1) is 20.4. The fourth-order valence-electron chi connectivity index (χ4n) is 5.37. The lowest BCUT2D eigenvalue weighted by Crippen LogP contribution is -2.29. The topological polar surface area (TPSA) is 154 Å². The van der Waals surface area contributed by atoms with E-state index in [9.17, 15) is 14.9 Å². The average Bonchev–Trinajstić information content (AvgIpc) is 3.02. The minimum Gasteiger partial charge on any atom is -0.381 e. The molecule has 0 aliphatic carbocycles. The van der Waals surface area contributed by atoms with Gasteiger partial charge in [-0.05, 0) is 55.2 Å². The average molecular weight is 561 g/mol. The molecule has 11 heteroatoms. The molecule has 4 heterocycles. The van der Waals surface area contributed by atoms with E-state index in [-0.39, 0.29) is 34.5 Å². The number of aromatic nitrogens is 5. The molecule has 3 N–H and O–H groups in total. The van der Waals surface area contributed by atoms with Crippen LogP contribution in [0.15, 0.2) is 82.6 Å². The summed E-state index contributed by atoms with van der Waals surface area (Å²) in [7, 11) is 0. The van der Waals surface area contributed by atoms with Gasteiger partial charge in [-0.1, -0.05) is 30.3 Å². The first-order valence-corrected chi connectivity index (χ1v) is 13.6. The van der Waals surface area contributed by atoms with Crippen LogP contribution < -0.4 is 22.2 Å². The van der Waals surface area contributed by atoms with E-state index >= 15 is 0 Å². The van der Waals surface area contributed by atoms with Gasteiger partial charge < -0.3 is 20.4 Å². The molecule has 6 rings (SSSR count). The van der Waals surface area contributed by atoms with Crippen LogP contribution >= 0.6 is 0 Å². The highest BCUT2D eigenvalue weighted by molar-refractivity contribution is 5.94. The molecule has 0 bridgehead atoms. The lowest BCUT2D eigenvalue weighted by molar-refractivity contribution is 0.0687. The number of ether oxygens (including phenoxy) is 1. The van der Waals surface area contributed by atoms with Gasteiger partial charge in [0.1, 0.15) is 23.3 Å². The molecular formula is C31H28N8O3. The number of hydrogen-bond donors (Lipinski definition) is 2. The highest BCUT2D eigenvalue weighted by Crippen LogP contribution is 2.29. The molecule has 1 aliphatic heterocycles. The third kappa shape index (κ3) is 5.00. The van der Waals surface area contributed by atoms with E-state index in [0.717, 1.165) is 18.4 Å². The summed E-state index contributed by atoms with van der Waals surface area (Å²) in [4.78, 5) is 40.3. The van der Waals surface area contributed by atoms with Gasteiger partial charge >= 0.3 is 0 Å². The van der Waals surface area contributed by atoms with Gasteiger partial charge in [0.25, 0.3) is 11.1 Å². The van der Waals surface area contributed by atoms with E-state index < -0.39 is 6.04 Å². The first kappa shape index (κ1) is 26.9. The number of pyridine rings is 1. The van der Waals surface area contributed by atoms with Crippen molar-refractivity contribution in [3.63, 3.8) is 0 Å². The van der Waals surface area contributed by atoms with Crippen molar-refractivity contribution >= 4 is 22.7 Å². The molecule has 1 atom stereocenters. The Balaban J connectivity index is 1.53. The van der Waals surface area contributed by atoms with E-state index in [4.69, 9.17) is 15.5 Å². The third-order valence-corrected chi connectivity index (χ3v) is 7.44. The van der Waals surface area contributed by atoms with Crippen LogP contribution in [0, 0.1) is 11.3 Å². The number of nitriles is 1. The summed E-state index contributed by atoms with van der Waals surface area (Å²) in [6, 6.07) is 19.6. The second-order valence-corrected chi connectivity index (χ2v) is 10.1. The van der Waals surface area contributed by atoms with Crippen molar-refractivity contribution in [2.45, 2.75) is 31.8 Å². The lowest BCUT2D eigenvalue weighted by Gasteiger charge is -2.25. The summed E-state index contributed by atoms with van der Waals surface area (Å²) in [6.07, 6.45) is 4.68. The van der Waals surface area contributed by atoms with Crippen molar-refractivity contribution in [2.75, 3.05) is 24.3 Å². The maximum atomic E-state index is 14.4. The second kappa shape index (κ2) is 11.3. The molecule has 1 aliphatic rings. The molecule has 0 radical (unpaired) electrons. The second-order valence-electron chi connectivity index (χ2n) is 10.1. The number of fused-ring (bicyclic) bond motifs is 1. The molecule has 210 valence electrons. The number of benzene rings is 2. The maximum Gasteiger partial charge on any atom is 0.266 e. The number of rotatable bonds is 6. The first-order valence-electron chi connectivity index (χ1n) is 13.6. The van der Waals surface area contributed by atoms with Gasteiger partial charge in [0.2, 0.25) is 5.95 Å². The van der Waals surface area contributed by atoms with Crippen LogP contribution in [0.3, 0.4) is 0 Å². The van der Waals surface area contributed by atoms with Crippen molar-refractivity contribution in [3.05, 3.63) is 105 Å². The van der Waals surface area contributed by atoms with Crippen molar-refractivity contribution in [1.82, 2.24) is 24.1 Å². The van der Waals surface area contributed by atoms with Gasteiger partial charge in [-0.15, -0.1) is 0 Å². The quantitative estimate of drug-likeness (QED) is 0.314. The number of nitrogens with two attached hydrogens (primary N) is 1. The van der Waals surface area contributed by atoms with Gasteiger partial charge in [0.05, 0.1) is 28.8 Å². The molecule has 3 aromatic heterocycles. The number of para-hydroxylation sites is 1. The number of nitrogens with zero attached hydrogens (tertiary/aromatic N) is 6. The van der Waals surface area contributed by atoms with Crippen LogP contribution in [0.25, 0.3) is 27.7 Å². The summed E-state index contributed by atoms with van der Waals surface area (Å²) in [6.45, 7) is 3.04. The Bertz CT molecular complexity index is 1940. The summed E-state index contributed by atoms with van der Waals surface area (Å²) in [5.74, 6) is 0.682. The van der Waals surface area contributed by atoms with Crippen LogP contribution in [0.5, 0.6) is 0 Å². The van der Waals surface area contributed by atoms with Gasteiger partial charge in [-0.25, -0.2) is 9.97 Å². The molecular weight excluding hydrogens is 532 g/mol. The van der Waals surface area contributed by atoms with Crippen molar-refractivity contribution < 1.29 is 4.74 Å². The number of nitrogen functional groups attached to an aromatic ring is 1. The van der Waals surface area contributed by atoms with Gasteiger partial charge in [-0.2, -0.15) is 10.2 Å². The molecule has 0 unspecified atom stereocenters. The molecule has 5 aromatic rings. The van der Waals surface area contributed by atoms with Crippen molar-refractivity contribution in [3.8, 4) is 22.9 Å². The van der Waals surface area contributed by atoms with Gasteiger partial charge in [0.15, 0.2) is 0 Å². The summed E-state index contributed by atoms with van der Waals surface area (Å²) in [5, 5.41) is 13.2. The van der Waals surface area contributed by atoms with Crippen LogP contribution in [-0.4, -0.2) is 37.3 Å². The Morgan fingerprint density at radius 2 is 1.83 bits per heavy atom. The highest BCUT2D eigenvalue weighted by atomic mass is 16.5. The summed E-state index contributed by atoms with van der Waals surface area (Å²) in [5.41, 5.74) is 8.20. The van der Waals surface area contributed by atoms with Gasteiger partial charge in [0, 0.05) is 31.5 Å². The number of hydrogen-bond acceptors (Lipinski definition) is 9. The Morgan fingerprint density at radius 1 is 1.05 bits per heavy atom. The van der Waals surface area contributed by atoms with Crippen molar-refractivity contribution in [1.29, 1.82) is 5.26 Å². The fourth-order valence-corrected chi connectivity index (χ4v) is 5.37. The van der Waals surface area contributed by atoms with E-state index in [1.165, 1.54) is 6.20 Å². The monoisotopic (exact) mass is 560 g/mol. The van der Waals surface area contributed by atoms with Crippen molar-refractivity contribution in [2.24, 2.45) is 0 Å². The molecule has 0 saturated carbocycles. The Morgan fingerprint density at radius 3 is 2.60 bits per heavy atom. The Labute approximate surface area is 240 Å². The fraction of sp³-hybridized carbons (Fsp3) is 0.226. The highest BCUT2D eigenvalue weighted by Gasteiger charge is 2.23. The smallest absolute Gasteiger partial charge is 0.266 e. The molecule has 1 fully saturated rings. The van der Waals surface area contributed by atoms with Crippen LogP contribution in [-0.2, 0) is 4.74 Å². The molecule has 42 heavy (non-hydrogen) atoms. The number of anilines is 2. The predicted octanol–water partition coefficient (Wildman–Crippen LogP) is 3.98.